The van der Waals surface area contributed by atoms with Crippen LogP contribution in [0.2, 0.25) is 0 Å². The lowest BCUT2D eigenvalue weighted by molar-refractivity contribution is 0.0679. The molecule has 0 saturated carbocycles. The van der Waals surface area contributed by atoms with E-state index in [1.165, 1.54) is 0 Å². The second kappa shape index (κ2) is 10.8. The van der Waals surface area contributed by atoms with Crippen LogP contribution in [-0.4, -0.2) is 11.9 Å². The summed E-state index contributed by atoms with van der Waals surface area (Å²) in [5.41, 5.74) is 3.75. The Morgan fingerprint density at radius 2 is 1.25 bits per heavy atom. The summed E-state index contributed by atoms with van der Waals surface area (Å²) in [4.78, 5) is 26.0. The topological polar surface area (TPSA) is 52.6 Å². The third-order valence-electron chi connectivity index (χ3n) is 5.32. The molecule has 0 amide bonds. The average molecular weight is 431 g/mol. The van der Waals surface area contributed by atoms with Crippen molar-refractivity contribution in [1.29, 1.82) is 0 Å². The first-order chi connectivity index (χ1) is 15.5. The van der Waals surface area contributed by atoms with Gasteiger partial charge in [0.25, 0.3) is 0 Å². The summed E-state index contributed by atoms with van der Waals surface area (Å²) >= 11 is 0. The third kappa shape index (κ3) is 5.25. The summed E-state index contributed by atoms with van der Waals surface area (Å²) < 4.78 is 11.9. The van der Waals surface area contributed by atoms with Gasteiger partial charge in [-0.15, -0.1) is 0 Å². The molecule has 32 heavy (non-hydrogen) atoms. The Bertz CT molecular complexity index is 1070. The predicted molar refractivity (Wildman–Crippen MR) is 127 cm³/mol. The summed E-state index contributed by atoms with van der Waals surface area (Å²) in [6.45, 7) is 8.25. The number of carbonyl (C=O) groups excluding carboxylic acids is 2. The lowest BCUT2D eigenvalue weighted by atomic mass is 9.90. The molecule has 3 aromatic carbocycles. The quantitative estimate of drug-likeness (QED) is 0.292. The van der Waals surface area contributed by atoms with Crippen LogP contribution in [-0.2, 0) is 12.8 Å². The lowest BCUT2D eigenvalue weighted by Gasteiger charge is -2.23. The monoisotopic (exact) mass is 430 g/mol. The number of benzene rings is 3. The minimum Gasteiger partial charge on any atom is -0.419 e. The summed E-state index contributed by atoms with van der Waals surface area (Å²) in [5.74, 6) is -0.181. The van der Waals surface area contributed by atoms with Crippen LogP contribution in [0.1, 0.15) is 77.4 Å². The average Bonchev–Trinajstić information content (AvgIpc) is 2.81. The number of hydrogen-bond acceptors (Lipinski definition) is 4. The Morgan fingerprint density at radius 3 is 1.69 bits per heavy atom. The maximum Gasteiger partial charge on any atom is 0.343 e. The normalized spacial score (nSPS) is 10.8. The van der Waals surface area contributed by atoms with Crippen molar-refractivity contribution < 1.29 is 19.1 Å². The third-order valence-corrected chi connectivity index (χ3v) is 5.32. The Labute approximate surface area is 190 Å². The molecular formula is C28H30O4. The fraction of sp³-hybridized carbons (Fsp3) is 0.286. The van der Waals surface area contributed by atoms with E-state index in [-0.39, 0.29) is 5.92 Å². The number of aryl methyl sites for hydroxylation is 2. The number of esters is 2. The van der Waals surface area contributed by atoms with E-state index in [1.807, 2.05) is 12.1 Å². The Balaban J connectivity index is 2.15. The van der Waals surface area contributed by atoms with Crippen LogP contribution in [0.5, 0.6) is 11.5 Å². The van der Waals surface area contributed by atoms with Gasteiger partial charge in [-0.2, -0.15) is 0 Å². The van der Waals surface area contributed by atoms with Gasteiger partial charge in [-0.25, -0.2) is 9.59 Å². The van der Waals surface area contributed by atoms with Crippen LogP contribution in [0.4, 0.5) is 0 Å². The first-order valence-electron chi connectivity index (χ1n) is 11.2. The van der Waals surface area contributed by atoms with Crippen molar-refractivity contribution in [3.8, 4) is 11.5 Å². The van der Waals surface area contributed by atoms with Crippen LogP contribution in [0.15, 0.2) is 66.7 Å². The molecule has 0 atom stereocenters. The maximum absolute atomic E-state index is 13.0. The van der Waals surface area contributed by atoms with Crippen molar-refractivity contribution in [2.45, 2.75) is 52.9 Å². The molecule has 0 N–H and O–H groups in total. The molecule has 3 aromatic rings. The Kier molecular flexibility index (Phi) is 7.82. The molecule has 0 saturated heterocycles. The van der Waals surface area contributed by atoms with Gasteiger partial charge in [-0.05, 0) is 54.2 Å². The number of hydrogen-bond donors (Lipinski definition) is 0. The van der Waals surface area contributed by atoms with Crippen LogP contribution in [0, 0.1) is 0 Å². The highest BCUT2D eigenvalue weighted by atomic mass is 16.6. The zero-order valence-corrected chi connectivity index (χ0v) is 19.2. The van der Waals surface area contributed by atoms with E-state index >= 15 is 0 Å². The van der Waals surface area contributed by atoms with Gasteiger partial charge in [0.15, 0.2) is 11.5 Å². The summed E-state index contributed by atoms with van der Waals surface area (Å²) in [7, 11) is 0. The largest absolute Gasteiger partial charge is 0.419 e. The molecule has 0 aliphatic heterocycles. The molecule has 0 bridgehead atoms. The minimum absolute atomic E-state index is 0.0772. The SMILES string of the molecule is CCCc1cc(CC)c(C(C)C)c(OC(=O)c2ccccc2)c1OC(=O)c1ccccc1. The summed E-state index contributed by atoms with van der Waals surface area (Å²) in [6.07, 6.45) is 2.36. The molecule has 166 valence electrons. The van der Waals surface area contributed by atoms with E-state index in [2.05, 4.69) is 33.8 Å². The van der Waals surface area contributed by atoms with Gasteiger partial charge in [0.05, 0.1) is 11.1 Å². The second-order valence-electron chi connectivity index (χ2n) is 8.04. The Morgan fingerprint density at radius 1 is 0.750 bits per heavy atom. The molecule has 0 fully saturated rings. The molecule has 0 radical (unpaired) electrons. The van der Waals surface area contributed by atoms with Crippen molar-refractivity contribution in [3.63, 3.8) is 0 Å². The van der Waals surface area contributed by atoms with Gasteiger partial charge >= 0.3 is 11.9 Å². The molecule has 0 aliphatic rings. The van der Waals surface area contributed by atoms with Gasteiger partial charge in [0.2, 0.25) is 0 Å². The highest BCUT2D eigenvalue weighted by molar-refractivity contribution is 5.93. The molecule has 0 aromatic heterocycles. The van der Waals surface area contributed by atoms with E-state index < -0.39 is 11.9 Å². The van der Waals surface area contributed by atoms with Gasteiger partial charge in [0.1, 0.15) is 0 Å². The smallest absolute Gasteiger partial charge is 0.343 e. The zero-order chi connectivity index (χ0) is 23.1. The van der Waals surface area contributed by atoms with Crippen LogP contribution < -0.4 is 9.47 Å². The van der Waals surface area contributed by atoms with E-state index in [0.29, 0.717) is 29.0 Å². The van der Waals surface area contributed by atoms with Crippen molar-refractivity contribution in [2.75, 3.05) is 0 Å². The van der Waals surface area contributed by atoms with Crippen LogP contribution in [0.25, 0.3) is 0 Å². The summed E-state index contributed by atoms with van der Waals surface area (Å²) in [5, 5.41) is 0. The molecular weight excluding hydrogens is 400 g/mol. The van der Waals surface area contributed by atoms with E-state index in [9.17, 15) is 9.59 Å². The minimum atomic E-state index is -0.473. The van der Waals surface area contributed by atoms with Gasteiger partial charge < -0.3 is 9.47 Å². The molecule has 0 spiro atoms. The summed E-state index contributed by atoms with van der Waals surface area (Å²) in [6, 6.07) is 19.8. The fourth-order valence-electron chi connectivity index (χ4n) is 3.81. The predicted octanol–water partition coefficient (Wildman–Crippen LogP) is 6.76. The molecule has 4 heteroatoms. The first kappa shape index (κ1) is 23.3. The number of ether oxygens (including phenoxy) is 2. The van der Waals surface area contributed by atoms with Crippen molar-refractivity contribution in [2.24, 2.45) is 0 Å². The number of carbonyl (C=O) groups is 2. The van der Waals surface area contributed by atoms with Crippen molar-refractivity contribution in [1.82, 2.24) is 0 Å². The molecule has 0 unspecified atom stereocenters. The van der Waals surface area contributed by atoms with E-state index in [1.54, 1.807) is 48.5 Å². The van der Waals surface area contributed by atoms with Gasteiger partial charge in [-0.1, -0.05) is 76.6 Å². The highest BCUT2D eigenvalue weighted by Crippen LogP contribution is 2.43. The molecule has 0 heterocycles. The molecule has 4 nitrogen and oxygen atoms in total. The molecule has 0 aliphatic carbocycles. The van der Waals surface area contributed by atoms with Crippen LogP contribution in [0.3, 0.4) is 0 Å². The highest BCUT2D eigenvalue weighted by Gasteiger charge is 2.26. The van der Waals surface area contributed by atoms with Crippen molar-refractivity contribution >= 4 is 11.9 Å². The van der Waals surface area contributed by atoms with Gasteiger partial charge in [-0.3, -0.25) is 0 Å². The van der Waals surface area contributed by atoms with Crippen molar-refractivity contribution in [3.05, 3.63) is 94.5 Å². The van der Waals surface area contributed by atoms with Crippen LogP contribution >= 0.6 is 0 Å². The second-order valence-corrected chi connectivity index (χ2v) is 8.04. The Hall–Kier alpha value is -3.40. The first-order valence-corrected chi connectivity index (χ1v) is 11.2. The maximum atomic E-state index is 13.0. The fourth-order valence-corrected chi connectivity index (χ4v) is 3.81. The molecule has 3 rings (SSSR count). The standard InChI is InChI=1S/C28H30O4/c1-5-13-23-18-20(6-2)24(19(3)4)26(32-28(30)22-16-11-8-12-17-22)25(23)31-27(29)21-14-9-7-10-15-21/h7-12,14-19H,5-6,13H2,1-4H3. The zero-order valence-electron chi connectivity index (χ0n) is 19.2. The van der Waals surface area contributed by atoms with E-state index in [0.717, 1.165) is 29.5 Å². The number of rotatable bonds is 8. The van der Waals surface area contributed by atoms with Gasteiger partial charge in [0, 0.05) is 5.56 Å². The lowest BCUT2D eigenvalue weighted by Crippen LogP contribution is -2.16. The van der Waals surface area contributed by atoms with E-state index in [4.69, 9.17) is 9.47 Å².